The van der Waals surface area contributed by atoms with Gasteiger partial charge in [-0.1, -0.05) is 6.07 Å². The molecule has 1 rings (SSSR count). The molecule has 0 saturated carbocycles. The SMILES string of the molecule is COC(F)(F)c1ccc(C)cc1F. The van der Waals surface area contributed by atoms with Crippen LogP contribution in [0.15, 0.2) is 18.2 Å². The molecule has 72 valence electrons. The van der Waals surface area contributed by atoms with Gasteiger partial charge in [-0.2, -0.15) is 8.78 Å². The van der Waals surface area contributed by atoms with E-state index in [2.05, 4.69) is 4.74 Å². The highest BCUT2D eigenvalue weighted by atomic mass is 19.3. The summed E-state index contributed by atoms with van der Waals surface area (Å²) < 4.78 is 42.5. The maximum Gasteiger partial charge on any atom is 0.385 e. The molecule has 0 aliphatic carbocycles. The van der Waals surface area contributed by atoms with Gasteiger partial charge in [-0.05, 0) is 24.6 Å². The molecule has 0 bridgehead atoms. The Kier molecular flexibility index (Phi) is 2.61. The molecule has 0 amide bonds. The molecular formula is C9H9F3O. The number of methoxy groups -OCH3 is 1. The normalized spacial score (nSPS) is 11.8. The molecule has 0 heterocycles. The Balaban J connectivity index is 3.16. The molecule has 1 nitrogen and oxygen atoms in total. The molecule has 0 fully saturated rings. The zero-order chi connectivity index (χ0) is 10.1. The average molecular weight is 190 g/mol. The molecule has 0 saturated heterocycles. The second-order valence-corrected chi connectivity index (χ2v) is 2.70. The van der Waals surface area contributed by atoms with Gasteiger partial charge in [0.1, 0.15) is 5.82 Å². The van der Waals surface area contributed by atoms with Crippen LogP contribution in [0.5, 0.6) is 0 Å². The summed E-state index contributed by atoms with van der Waals surface area (Å²) in [5.41, 5.74) is -0.145. The highest BCUT2D eigenvalue weighted by Crippen LogP contribution is 2.30. The highest BCUT2D eigenvalue weighted by molar-refractivity contribution is 5.25. The smallest absolute Gasteiger partial charge is 0.320 e. The van der Waals surface area contributed by atoms with Crippen molar-refractivity contribution in [1.82, 2.24) is 0 Å². The van der Waals surface area contributed by atoms with E-state index in [1.807, 2.05) is 0 Å². The van der Waals surface area contributed by atoms with E-state index in [9.17, 15) is 13.2 Å². The van der Waals surface area contributed by atoms with Gasteiger partial charge >= 0.3 is 6.11 Å². The van der Waals surface area contributed by atoms with E-state index in [4.69, 9.17) is 0 Å². The number of benzene rings is 1. The third kappa shape index (κ3) is 2.01. The van der Waals surface area contributed by atoms with E-state index in [-0.39, 0.29) is 0 Å². The fourth-order valence-electron chi connectivity index (χ4n) is 0.966. The Hall–Kier alpha value is -1.03. The first-order chi connectivity index (χ1) is 5.97. The Morgan fingerprint density at radius 3 is 2.38 bits per heavy atom. The third-order valence-corrected chi connectivity index (χ3v) is 1.69. The molecule has 0 spiro atoms. The molecule has 0 aliphatic rings. The second kappa shape index (κ2) is 3.38. The molecule has 0 aliphatic heterocycles. The van der Waals surface area contributed by atoms with Crippen molar-refractivity contribution in [3.8, 4) is 0 Å². The van der Waals surface area contributed by atoms with Gasteiger partial charge in [-0.3, -0.25) is 0 Å². The predicted molar refractivity (Wildman–Crippen MR) is 42.0 cm³/mol. The zero-order valence-electron chi connectivity index (χ0n) is 7.27. The lowest BCUT2D eigenvalue weighted by Crippen LogP contribution is -2.17. The van der Waals surface area contributed by atoms with Gasteiger partial charge in [-0.25, -0.2) is 4.39 Å². The van der Waals surface area contributed by atoms with Gasteiger partial charge < -0.3 is 4.74 Å². The first kappa shape index (κ1) is 10.1. The molecule has 0 aromatic heterocycles. The topological polar surface area (TPSA) is 9.23 Å². The summed E-state index contributed by atoms with van der Waals surface area (Å²) in [6, 6.07) is 3.47. The molecule has 0 radical (unpaired) electrons. The molecule has 13 heavy (non-hydrogen) atoms. The van der Waals surface area contributed by atoms with Crippen molar-refractivity contribution in [2.75, 3.05) is 7.11 Å². The van der Waals surface area contributed by atoms with E-state index < -0.39 is 17.5 Å². The van der Waals surface area contributed by atoms with E-state index in [1.165, 1.54) is 6.07 Å². The van der Waals surface area contributed by atoms with E-state index in [0.717, 1.165) is 19.2 Å². The maximum atomic E-state index is 13.0. The standard InChI is InChI=1S/C9H9F3O/c1-6-3-4-7(8(10)5-6)9(11,12)13-2/h3-5H,1-2H3. The first-order valence-electron chi connectivity index (χ1n) is 3.67. The third-order valence-electron chi connectivity index (χ3n) is 1.69. The molecule has 4 heteroatoms. The molecule has 0 unspecified atom stereocenters. The summed E-state index contributed by atoms with van der Waals surface area (Å²) in [5.74, 6) is -0.952. The largest absolute Gasteiger partial charge is 0.385 e. The van der Waals surface area contributed by atoms with Crippen LogP contribution in [0.1, 0.15) is 11.1 Å². The average Bonchev–Trinajstić information content (AvgIpc) is 2.03. The Bertz CT molecular complexity index is 310. The lowest BCUT2D eigenvalue weighted by Gasteiger charge is -2.14. The predicted octanol–water partition coefficient (Wildman–Crippen LogP) is 2.83. The van der Waals surface area contributed by atoms with Gasteiger partial charge in [0.05, 0.1) is 5.56 Å². The van der Waals surface area contributed by atoms with Gasteiger partial charge in [0.25, 0.3) is 0 Å². The van der Waals surface area contributed by atoms with Crippen molar-refractivity contribution < 1.29 is 17.9 Å². The van der Waals surface area contributed by atoms with E-state index in [1.54, 1.807) is 6.92 Å². The van der Waals surface area contributed by atoms with Crippen molar-refractivity contribution in [1.29, 1.82) is 0 Å². The lowest BCUT2D eigenvalue weighted by atomic mass is 10.1. The first-order valence-corrected chi connectivity index (χ1v) is 3.67. The molecule has 1 aromatic rings. The molecule has 1 aromatic carbocycles. The second-order valence-electron chi connectivity index (χ2n) is 2.70. The van der Waals surface area contributed by atoms with Crippen LogP contribution in [-0.4, -0.2) is 7.11 Å². The van der Waals surface area contributed by atoms with E-state index >= 15 is 0 Å². The minimum atomic E-state index is -3.56. The number of rotatable bonds is 2. The fraction of sp³-hybridized carbons (Fsp3) is 0.333. The summed E-state index contributed by atoms with van der Waals surface area (Å²) in [4.78, 5) is 0. The Labute approximate surface area is 74.1 Å². The maximum absolute atomic E-state index is 13.0. The number of halogens is 3. The lowest BCUT2D eigenvalue weighted by molar-refractivity contribution is -0.233. The minimum absolute atomic E-state index is 0.591. The van der Waals surface area contributed by atoms with Gasteiger partial charge in [-0.15, -0.1) is 0 Å². The summed E-state index contributed by atoms with van der Waals surface area (Å²) in [6.07, 6.45) is -3.56. The summed E-state index contributed by atoms with van der Waals surface area (Å²) >= 11 is 0. The number of aryl methyl sites for hydroxylation is 1. The summed E-state index contributed by atoms with van der Waals surface area (Å²) in [7, 11) is 0.833. The monoisotopic (exact) mass is 190 g/mol. The highest BCUT2D eigenvalue weighted by Gasteiger charge is 2.34. The van der Waals surface area contributed by atoms with Crippen LogP contribution in [0.3, 0.4) is 0 Å². The Morgan fingerprint density at radius 2 is 1.92 bits per heavy atom. The van der Waals surface area contributed by atoms with E-state index in [0.29, 0.717) is 5.56 Å². The van der Waals surface area contributed by atoms with Crippen LogP contribution >= 0.6 is 0 Å². The molecule has 0 N–H and O–H groups in total. The summed E-state index contributed by atoms with van der Waals surface area (Å²) in [6.45, 7) is 1.62. The quantitative estimate of drug-likeness (QED) is 0.696. The molecular weight excluding hydrogens is 181 g/mol. The fourth-order valence-corrected chi connectivity index (χ4v) is 0.966. The van der Waals surface area contributed by atoms with Crippen molar-refractivity contribution >= 4 is 0 Å². The van der Waals surface area contributed by atoms with Gasteiger partial charge in [0, 0.05) is 7.11 Å². The number of hydrogen-bond donors (Lipinski definition) is 0. The molecule has 0 atom stereocenters. The van der Waals surface area contributed by atoms with Crippen molar-refractivity contribution in [3.05, 3.63) is 35.1 Å². The van der Waals surface area contributed by atoms with Crippen LogP contribution in [0.2, 0.25) is 0 Å². The van der Waals surface area contributed by atoms with Crippen LogP contribution in [0.25, 0.3) is 0 Å². The van der Waals surface area contributed by atoms with Gasteiger partial charge in [0.15, 0.2) is 0 Å². The number of hydrogen-bond acceptors (Lipinski definition) is 1. The number of ether oxygens (including phenoxy) is 1. The zero-order valence-corrected chi connectivity index (χ0v) is 7.27. The Morgan fingerprint density at radius 1 is 1.31 bits per heavy atom. The van der Waals surface area contributed by atoms with Crippen LogP contribution in [0, 0.1) is 12.7 Å². The summed E-state index contributed by atoms with van der Waals surface area (Å²) in [5, 5.41) is 0. The van der Waals surface area contributed by atoms with Crippen molar-refractivity contribution in [2.24, 2.45) is 0 Å². The van der Waals surface area contributed by atoms with Gasteiger partial charge in [0.2, 0.25) is 0 Å². The minimum Gasteiger partial charge on any atom is -0.320 e. The van der Waals surface area contributed by atoms with Crippen LogP contribution in [-0.2, 0) is 10.8 Å². The van der Waals surface area contributed by atoms with Crippen LogP contribution < -0.4 is 0 Å². The number of alkyl halides is 2. The van der Waals surface area contributed by atoms with Crippen molar-refractivity contribution in [2.45, 2.75) is 13.0 Å². The van der Waals surface area contributed by atoms with Crippen molar-refractivity contribution in [3.63, 3.8) is 0 Å². The van der Waals surface area contributed by atoms with Crippen LogP contribution in [0.4, 0.5) is 13.2 Å².